The summed E-state index contributed by atoms with van der Waals surface area (Å²) >= 11 is 1.97. The van der Waals surface area contributed by atoms with E-state index in [1.807, 2.05) is 54.6 Å². The lowest BCUT2D eigenvalue weighted by Gasteiger charge is -2.09. The Bertz CT molecular complexity index is 913. The highest BCUT2D eigenvalue weighted by molar-refractivity contribution is 14.1. The first-order chi connectivity index (χ1) is 13.3. The molecular weight excluding hydrogens is 473 g/mol. The van der Waals surface area contributed by atoms with Gasteiger partial charge in [0.1, 0.15) is 0 Å². The maximum atomic E-state index is 12.0. The van der Waals surface area contributed by atoms with Crippen molar-refractivity contribution in [2.75, 3.05) is 12.4 Å². The normalized spacial score (nSPS) is 10.7. The van der Waals surface area contributed by atoms with Crippen LogP contribution >= 0.6 is 22.6 Å². The molecule has 0 aliphatic rings. The Morgan fingerprint density at radius 1 is 1.18 bits per heavy atom. The van der Waals surface area contributed by atoms with E-state index in [9.17, 15) is 14.7 Å². The van der Waals surface area contributed by atoms with Crippen molar-refractivity contribution in [3.63, 3.8) is 0 Å². The van der Waals surface area contributed by atoms with Gasteiger partial charge in [0, 0.05) is 18.5 Å². The van der Waals surface area contributed by atoms with Crippen LogP contribution in [-0.4, -0.2) is 30.2 Å². The fraction of sp³-hybridized carbons (Fsp3) is 0.250. The first kappa shape index (κ1) is 21.7. The molecule has 0 saturated heterocycles. The first-order valence-corrected chi connectivity index (χ1v) is 9.63. The number of phenols is 1. The summed E-state index contributed by atoms with van der Waals surface area (Å²) in [6.07, 6.45) is 1.52. The molecule has 2 rings (SSSR count). The predicted octanol–water partition coefficient (Wildman–Crippen LogP) is 3.49. The predicted molar refractivity (Wildman–Crippen MR) is 117 cm³/mol. The number of carbonyl (C=O) groups excluding carboxylic acids is 2. The number of nitrogens with one attached hydrogen (secondary N) is 2. The molecular formula is C20H22IN3O4. The van der Waals surface area contributed by atoms with Crippen LogP contribution in [0.15, 0.2) is 35.4 Å². The molecule has 0 radical (unpaired) electrons. The Hall–Kier alpha value is -2.62. The third kappa shape index (κ3) is 6.22. The molecule has 0 aliphatic heterocycles. The number of methoxy groups -OCH3 is 1. The lowest BCUT2D eigenvalue weighted by molar-refractivity contribution is -0.124. The van der Waals surface area contributed by atoms with Crippen LogP contribution in [0, 0.1) is 17.4 Å². The fourth-order valence-electron chi connectivity index (χ4n) is 2.37. The van der Waals surface area contributed by atoms with Gasteiger partial charge in [-0.2, -0.15) is 5.10 Å². The van der Waals surface area contributed by atoms with Gasteiger partial charge in [0.2, 0.25) is 11.8 Å². The molecule has 2 amide bonds. The van der Waals surface area contributed by atoms with E-state index in [0.717, 1.165) is 16.8 Å². The first-order valence-electron chi connectivity index (χ1n) is 8.55. The molecule has 0 heterocycles. The molecule has 8 heteroatoms. The van der Waals surface area contributed by atoms with Crippen molar-refractivity contribution in [1.29, 1.82) is 0 Å². The van der Waals surface area contributed by atoms with E-state index in [1.54, 1.807) is 12.1 Å². The van der Waals surface area contributed by atoms with E-state index in [0.29, 0.717) is 14.9 Å². The van der Waals surface area contributed by atoms with Crippen molar-refractivity contribution >= 4 is 46.3 Å². The maximum Gasteiger partial charge on any atom is 0.240 e. The third-order valence-corrected chi connectivity index (χ3v) is 4.74. The minimum Gasteiger partial charge on any atom is -0.504 e. The van der Waals surface area contributed by atoms with E-state index in [-0.39, 0.29) is 30.4 Å². The Balaban J connectivity index is 1.84. The number of carbonyl (C=O) groups is 2. The van der Waals surface area contributed by atoms with E-state index >= 15 is 0 Å². The van der Waals surface area contributed by atoms with E-state index in [2.05, 4.69) is 15.8 Å². The Labute approximate surface area is 177 Å². The lowest BCUT2D eigenvalue weighted by atomic mass is 10.1. The summed E-state index contributed by atoms with van der Waals surface area (Å²) in [6.45, 7) is 3.86. The van der Waals surface area contributed by atoms with E-state index < -0.39 is 0 Å². The summed E-state index contributed by atoms with van der Waals surface area (Å²) in [5.74, 6) is -0.222. The molecule has 0 aromatic heterocycles. The zero-order valence-electron chi connectivity index (χ0n) is 15.9. The zero-order chi connectivity index (χ0) is 20.7. The van der Waals surface area contributed by atoms with Crippen LogP contribution in [-0.2, 0) is 9.59 Å². The Morgan fingerprint density at radius 3 is 2.61 bits per heavy atom. The number of amides is 2. The van der Waals surface area contributed by atoms with Crippen molar-refractivity contribution in [2.45, 2.75) is 26.7 Å². The number of hydrazone groups is 1. The molecule has 0 bridgehead atoms. The smallest absolute Gasteiger partial charge is 0.240 e. The van der Waals surface area contributed by atoms with Crippen LogP contribution in [0.3, 0.4) is 0 Å². The number of nitrogens with zero attached hydrogens (tertiary/aromatic N) is 1. The molecule has 0 saturated carbocycles. The van der Waals surface area contributed by atoms with Gasteiger partial charge in [-0.1, -0.05) is 12.1 Å². The van der Waals surface area contributed by atoms with Gasteiger partial charge < -0.3 is 15.2 Å². The third-order valence-electron chi connectivity index (χ3n) is 3.92. The molecule has 0 spiro atoms. The van der Waals surface area contributed by atoms with Gasteiger partial charge in [-0.15, -0.1) is 0 Å². The fourth-order valence-corrected chi connectivity index (χ4v) is 2.99. The summed E-state index contributed by atoms with van der Waals surface area (Å²) in [4.78, 5) is 23.9. The number of halogens is 1. The number of aryl methyl sites for hydroxylation is 2. The number of benzene rings is 2. The average molecular weight is 495 g/mol. The molecule has 0 atom stereocenters. The van der Waals surface area contributed by atoms with Gasteiger partial charge in [0.15, 0.2) is 11.5 Å². The molecule has 2 aromatic rings. The van der Waals surface area contributed by atoms with Crippen molar-refractivity contribution < 1.29 is 19.4 Å². The lowest BCUT2D eigenvalue weighted by Crippen LogP contribution is -2.21. The van der Waals surface area contributed by atoms with E-state index in [1.165, 1.54) is 13.3 Å². The highest BCUT2D eigenvalue weighted by Crippen LogP contribution is 2.31. The highest BCUT2D eigenvalue weighted by atomic mass is 127. The van der Waals surface area contributed by atoms with Gasteiger partial charge in [-0.25, -0.2) is 5.43 Å². The summed E-state index contributed by atoms with van der Waals surface area (Å²) in [5, 5.41) is 16.5. The topological polar surface area (TPSA) is 100 Å². The Kier molecular flexibility index (Phi) is 7.80. The molecule has 0 unspecified atom stereocenters. The van der Waals surface area contributed by atoms with Crippen LogP contribution in [0.5, 0.6) is 11.5 Å². The Morgan fingerprint density at radius 2 is 1.89 bits per heavy atom. The number of ether oxygens (including phenoxy) is 1. The monoisotopic (exact) mass is 495 g/mol. The second-order valence-electron chi connectivity index (χ2n) is 6.21. The summed E-state index contributed by atoms with van der Waals surface area (Å²) in [6, 6.07) is 9.11. The van der Waals surface area contributed by atoms with Gasteiger partial charge in [0.25, 0.3) is 0 Å². The highest BCUT2D eigenvalue weighted by Gasteiger charge is 2.09. The minimum atomic E-state index is -0.368. The SMILES string of the molecule is COc1cc(/C=N/NC(=O)CCC(=O)Nc2cc(C)ccc2C)cc(I)c1O. The average Bonchev–Trinajstić information content (AvgIpc) is 2.65. The maximum absolute atomic E-state index is 12.0. The minimum absolute atomic E-state index is 0.0183. The standard InChI is InChI=1S/C20H22IN3O4/c1-12-4-5-13(2)16(8-12)23-18(25)6-7-19(26)24-22-11-14-9-15(21)20(27)17(10-14)28-3/h4-5,8-11,27H,6-7H2,1-3H3,(H,23,25)(H,24,26)/b22-11+. The number of aromatic hydroxyl groups is 1. The molecule has 3 N–H and O–H groups in total. The second-order valence-corrected chi connectivity index (χ2v) is 7.38. The number of anilines is 1. The van der Waals surface area contributed by atoms with Crippen LogP contribution in [0.1, 0.15) is 29.5 Å². The van der Waals surface area contributed by atoms with Crippen molar-refractivity contribution in [1.82, 2.24) is 5.43 Å². The van der Waals surface area contributed by atoms with Crippen LogP contribution in [0.2, 0.25) is 0 Å². The van der Waals surface area contributed by atoms with E-state index in [4.69, 9.17) is 4.74 Å². The number of hydrogen-bond acceptors (Lipinski definition) is 5. The van der Waals surface area contributed by atoms with Crippen molar-refractivity contribution in [3.05, 3.63) is 50.6 Å². The second kappa shape index (κ2) is 10.1. The largest absolute Gasteiger partial charge is 0.504 e. The zero-order valence-corrected chi connectivity index (χ0v) is 18.0. The van der Waals surface area contributed by atoms with Crippen LogP contribution < -0.4 is 15.5 Å². The van der Waals surface area contributed by atoms with Crippen LogP contribution in [0.25, 0.3) is 0 Å². The summed E-state index contributed by atoms with van der Waals surface area (Å²) < 4.78 is 5.68. The quantitative estimate of drug-likeness (QED) is 0.311. The van der Waals surface area contributed by atoms with Gasteiger partial charge >= 0.3 is 0 Å². The molecule has 2 aromatic carbocycles. The summed E-state index contributed by atoms with van der Waals surface area (Å²) in [7, 11) is 1.46. The van der Waals surface area contributed by atoms with Gasteiger partial charge in [0.05, 0.1) is 16.9 Å². The van der Waals surface area contributed by atoms with Crippen LogP contribution in [0.4, 0.5) is 5.69 Å². The summed E-state index contributed by atoms with van der Waals surface area (Å²) in [5.41, 5.74) is 5.81. The number of phenolic OH excluding ortho intramolecular Hbond substituents is 1. The molecule has 0 aliphatic carbocycles. The van der Waals surface area contributed by atoms with Crippen molar-refractivity contribution in [2.24, 2.45) is 5.10 Å². The van der Waals surface area contributed by atoms with Gasteiger partial charge in [-0.05, 0) is 71.3 Å². The molecule has 148 valence electrons. The molecule has 28 heavy (non-hydrogen) atoms. The van der Waals surface area contributed by atoms with Crippen molar-refractivity contribution in [3.8, 4) is 11.5 Å². The molecule has 7 nitrogen and oxygen atoms in total. The van der Waals surface area contributed by atoms with Gasteiger partial charge in [-0.3, -0.25) is 9.59 Å². The molecule has 0 fully saturated rings. The number of rotatable bonds is 7. The number of hydrogen-bond donors (Lipinski definition) is 3.